The number of hydrogen-bond donors (Lipinski definition) is 2. The lowest BCUT2D eigenvalue weighted by atomic mass is 10.0. The van der Waals surface area contributed by atoms with Crippen LogP contribution in [0.25, 0.3) is 11.0 Å². The van der Waals surface area contributed by atoms with Gasteiger partial charge < -0.3 is 4.98 Å². The molecule has 10 heteroatoms. The summed E-state index contributed by atoms with van der Waals surface area (Å²) in [6.45, 7) is -3.70. The van der Waals surface area contributed by atoms with Crippen LogP contribution in [-0.4, -0.2) is 29.9 Å². The van der Waals surface area contributed by atoms with Crippen LogP contribution in [0, 0.1) is 11.6 Å². The smallest absolute Gasteiger partial charge is 0.232 e. The number of halogens is 3. The molecule has 0 saturated heterocycles. The van der Waals surface area contributed by atoms with Crippen LogP contribution in [0.5, 0.6) is 0 Å². The highest BCUT2D eigenvalue weighted by atomic mass is 79.9. The normalized spacial score (nSPS) is 17.1. The molecular formula is C17H14BrF2N3O3S. The molecule has 2 N–H and O–H groups in total. The van der Waals surface area contributed by atoms with Crippen LogP contribution in [-0.2, 0) is 10.0 Å². The molecule has 0 unspecified atom stereocenters. The maximum Gasteiger partial charge on any atom is 0.232 e. The number of aromatic nitrogens is 2. The van der Waals surface area contributed by atoms with Gasteiger partial charge >= 0.3 is 0 Å². The van der Waals surface area contributed by atoms with Crippen molar-refractivity contribution in [3.05, 3.63) is 57.8 Å². The van der Waals surface area contributed by atoms with Crippen molar-refractivity contribution >= 4 is 48.5 Å². The third-order valence-corrected chi connectivity index (χ3v) is 4.78. The second kappa shape index (κ2) is 7.35. The number of H-pyrrole nitrogens is 1. The molecule has 2 aromatic heterocycles. The number of carbonyl (C=O) groups is 1. The summed E-state index contributed by atoms with van der Waals surface area (Å²) in [6, 6.07) is 2.55. The van der Waals surface area contributed by atoms with Crippen LogP contribution in [0.2, 0.25) is 0 Å². The molecule has 0 aliphatic carbocycles. The molecule has 3 aromatic rings. The molecule has 1 aromatic carbocycles. The van der Waals surface area contributed by atoms with E-state index in [2.05, 4.69) is 25.9 Å². The van der Waals surface area contributed by atoms with Crippen LogP contribution in [0.15, 0.2) is 35.1 Å². The molecule has 2 heterocycles. The topological polar surface area (TPSA) is 91.9 Å². The zero-order valence-corrected chi connectivity index (χ0v) is 15.5. The summed E-state index contributed by atoms with van der Waals surface area (Å²) in [4.78, 5) is 19.6. The minimum Gasteiger partial charge on any atom is -0.345 e. The quantitative estimate of drug-likeness (QED) is 0.539. The molecule has 0 saturated carbocycles. The highest BCUT2D eigenvalue weighted by Gasteiger charge is 2.25. The number of hydrogen-bond acceptors (Lipinski definition) is 4. The lowest BCUT2D eigenvalue weighted by Gasteiger charge is -2.11. The lowest BCUT2D eigenvalue weighted by Crippen LogP contribution is -2.18. The number of aromatic amines is 1. The molecule has 3 rings (SSSR count). The second-order valence-electron chi connectivity index (χ2n) is 5.20. The van der Waals surface area contributed by atoms with Crippen molar-refractivity contribution in [1.82, 2.24) is 9.97 Å². The highest BCUT2D eigenvalue weighted by Crippen LogP contribution is 2.28. The standard InChI is InChI=1S/C17H14BrF2N3O3S/c1-2-5-27(25,26)23-13-4-3-12(19)14(15(13)20)16(24)11-8-22-17-10(11)6-9(18)7-21-17/h3-4,6-8,23H,2,5H2,1H3,(H,21,22)/i1D3,2D2,5D2. The molecule has 0 amide bonds. The van der Waals surface area contributed by atoms with Gasteiger partial charge in [-0.15, -0.1) is 0 Å². The van der Waals surface area contributed by atoms with Crippen LogP contribution in [0.3, 0.4) is 0 Å². The average Bonchev–Trinajstić information content (AvgIpc) is 3.12. The third kappa shape index (κ3) is 3.86. The maximum atomic E-state index is 15.2. The SMILES string of the molecule is [2H]C([2H])([2H])C([2H])([2H])C([2H])([2H])S(=O)(=O)Nc1ccc(F)c(C(=O)c2c[nH]c3ncc(Br)cc23)c1F. The van der Waals surface area contributed by atoms with E-state index in [9.17, 15) is 17.6 Å². The van der Waals surface area contributed by atoms with Crippen LogP contribution >= 0.6 is 15.9 Å². The van der Waals surface area contributed by atoms with Gasteiger partial charge in [-0.1, -0.05) is 6.85 Å². The highest BCUT2D eigenvalue weighted by molar-refractivity contribution is 9.10. The van der Waals surface area contributed by atoms with E-state index in [1.807, 2.05) is 0 Å². The fraction of sp³-hybridized carbons (Fsp3) is 0.176. The van der Waals surface area contributed by atoms with Gasteiger partial charge in [0, 0.05) is 37.4 Å². The van der Waals surface area contributed by atoms with Crippen LogP contribution < -0.4 is 4.72 Å². The fourth-order valence-corrected chi connectivity index (χ4v) is 3.34. The van der Waals surface area contributed by atoms with Crippen molar-refractivity contribution in [2.75, 3.05) is 10.4 Å². The molecule has 0 radical (unpaired) electrons. The number of nitrogens with zero attached hydrogens (tertiary/aromatic N) is 1. The van der Waals surface area contributed by atoms with E-state index in [-0.39, 0.29) is 16.6 Å². The van der Waals surface area contributed by atoms with Crippen LogP contribution in [0.4, 0.5) is 14.5 Å². The predicted molar refractivity (Wildman–Crippen MR) is 101 cm³/mol. The number of rotatable bonds is 6. The predicted octanol–water partition coefficient (Wildman–Crippen LogP) is 3.99. The van der Waals surface area contributed by atoms with Gasteiger partial charge in [0.15, 0.2) is 5.82 Å². The first-order chi connectivity index (χ1) is 15.4. The molecule has 0 aliphatic rings. The van der Waals surface area contributed by atoms with Gasteiger partial charge in [0.2, 0.25) is 15.8 Å². The Bertz CT molecular complexity index is 1410. The molecule has 0 spiro atoms. The molecule has 0 fully saturated rings. The summed E-state index contributed by atoms with van der Waals surface area (Å²) >= 11 is 3.16. The minimum atomic E-state index is -5.57. The maximum absolute atomic E-state index is 15.2. The summed E-state index contributed by atoms with van der Waals surface area (Å²) in [6.07, 6.45) is -1.35. The van der Waals surface area contributed by atoms with E-state index in [0.717, 1.165) is 6.20 Å². The minimum absolute atomic E-state index is 0.198. The van der Waals surface area contributed by atoms with Crippen molar-refractivity contribution in [3.63, 3.8) is 0 Å². The van der Waals surface area contributed by atoms with Crippen LogP contribution in [0.1, 0.15) is 38.7 Å². The zero-order chi connectivity index (χ0) is 25.9. The first kappa shape index (κ1) is 12.2. The van der Waals surface area contributed by atoms with Crippen molar-refractivity contribution in [2.45, 2.75) is 13.2 Å². The molecule has 27 heavy (non-hydrogen) atoms. The van der Waals surface area contributed by atoms with Crippen molar-refractivity contribution in [3.8, 4) is 0 Å². The van der Waals surface area contributed by atoms with Gasteiger partial charge in [-0.3, -0.25) is 9.52 Å². The number of benzene rings is 1. The molecule has 0 atom stereocenters. The van der Waals surface area contributed by atoms with E-state index in [4.69, 9.17) is 9.60 Å². The summed E-state index contributed by atoms with van der Waals surface area (Å²) in [5.74, 6) is -4.26. The average molecular weight is 465 g/mol. The summed E-state index contributed by atoms with van der Waals surface area (Å²) in [5, 5.41) is 0.200. The van der Waals surface area contributed by atoms with E-state index < -0.39 is 57.6 Å². The molecule has 6 nitrogen and oxygen atoms in total. The summed E-state index contributed by atoms with van der Waals surface area (Å²) < 4.78 is 108. The fourth-order valence-electron chi connectivity index (χ4n) is 2.38. The van der Waals surface area contributed by atoms with E-state index in [1.54, 1.807) is 0 Å². The number of fused-ring (bicyclic) bond motifs is 1. The Morgan fingerprint density at radius 1 is 1.44 bits per heavy atom. The van der Waals surface area contributed by atoms with Crippen molar-refractivity contribution in [2.24, 2.45) is 0 Å². The Morgan fingerprint density at radius 2 is 2.22 bits per heavy atom. The summed E-state index contributed by atoms with van der Waals surface area (Å²) in [7, 11) is -5.57. The second-order valence-corrected chi connectivity index (χ2v) is 7.53. The Kier molecular flexibility index (Phi) is 3.32. The van der Waals surface area contributed by atoms with E-state index >= 15 is 4.39 Å². The van der Waals surface area contributed by atoms with Gasteiger partial charge in [0.05, 0.1) is 17.0 Å². The molecule has 142 valence electrons. The third-order valence-electron chi connectivity index (χ3n) is 3.49. The first-order valence-electron chi connectivity index (χ1n) is 10.6. The number of carbonyl (C=O) groups excluding carboxylic acids is 1. The van der Waals surface area contributed by atoms with E-state index in [1.165, 1.54) is 17.0 Å². The van der Waals surface area contributed by atoms with Crippen molar-refractivity contribution in [1.29, 1.82) is 0 Å². The zero-order valence-electron chi connectivity index (χ0n) is 20.1. The number of ketones is 1. The van der Waals surface area contributed by atoms with Crippen molar-refractivity contribution < 1.29 is 31.6 Å². The molecule has 0 aliphatic heterocycles. The monoisotopic (exact) mass is 464 g/mol. The largest absolute Gasteiger partial charge is 0.345 e. The first-order valence-corrected chi connectivity index (χ1v) is 9.37. The van der Waals surface area contributed by atoms with Gasteiger partial charge in [0.1, 0.15) is 11.5 Å². The Morgan fingerprint density at radius 3 is 2.96 bits per heavy atom. The van der Waals surface area contributed by atoms with Gasteiger partial charge in [-0.25, -0.2) is 22.2 Å². The lowest BCUT2D eigenvalue weighted by molar-refractivity contribution is 0.103. The Labute approximate surface area is 172 Å². The Balaban J connectivity index is 2.08. The molecule has 0 bridgehead atoms. The summed E-state index contributed by atoms with van der Waals surface area (Å²) in [5.41, 5.74) is -6.32. The van der Waals surface area contributed by atoms with Gasteiger partial charge in [0.25, 0.3) is 0 Å². The van der Waals surface area contributed by atoms with E-state index in [0.29, 0.717) is 16.6 Å². The Hall–Kier alpha value is -2.33. The number of sulfonamides is 1. The van der Waals surface area contributed by atoms with Gasteiger partial charge in [-0.2, -0.15) is 0 Å². The number of pyridine rings is 1. The van der Waals surface area contributed by atoms with Gasteiger partial charge in [-0.05, 0) is 40.5 Å². The number of anilines is 1. The number of nitrogens with one attached hydrogen (secondary N) is 2. The molecular weight excluding hydrogens is 444 g/mol.